The number of rotatable bonds is 4. The van der Waals surface area contributed by atoms with E-state index >= 15 is 0 Å². The average Bonchev–Trinajstić information content (AvgIpc) is 3.00. The molecule has 23 heavy (non-hydrogen) atoms. The van der Waals surface area contributed by atoms with Gasteiger partial charge in [-0.25, -0.2) is 18.2 Å². The molecule has 0 atom stereocenters. The van der Waals surface area contributed by atoms with E-state index in [-0.39, 0.29) is 21.5 Å². The summed E-state index contributed by atoms with van der Waals surface area (Å²) >= 11 is 6.08. The molecule has 0 bridgehead atoms. The van der Waals surface area contributed by atoms with Gasteiger partial charge >= 0.3 is 0 Å². The van der Waals surface area contributed by atoms with E-state index in [1.54, 1.807) is 6.07 Å². The zero-order valence-electron chi connectivity index (χ0n) is 12.3. The predicted octanol–water partition coefficient (Wildman–Crippen LogP) is 2.31. The van der Waals surface area contributed by atoms with Crippen molar-refractivity contribution in [3.63, 3.8) is 0 Å². The lowest BCUT2D eigenvalue weighted by molar-refractivity contribution is 0.552. The summed E-state index contributed by atoms with van der Waals surface area (Å²) in [4.78, 5) is 11.1. The van der Waals surface area contributed by atoms with Gasteiger partial charge in [-0.05, 0) is 31.0 Å². The van der Waals surface area contributed by atoms with Crippen LogP contribution in [0.1, 0.15) is 25.7 Å². The fourth-order valence-electron chi connectivity index (χ4n) is 2.70. The summed E-state index contributed by atoms with van der Waals surface area (Å²) in [5, 5.41) is 6.39. The van der Waals surface area contributed by atoms with Crippen molar-refractivity contribution >= 4 is 21.6 Å². The van der Waals surface area contributed by atoms with Crippen LogP contribution in [0.3, 0.4) is 0 Å². The Morgan fingerprint density at radius 2 is 1.91 bits per heavy atom. The molecule has 1 saturated carbocycles. The summed E-state index contributed by atoms with van der Waals surface area (Å²) in [6.07, 6.45) is 3.75. The van der Waals surface area contributed by atoms with Crippen LogP contribution in [0, 0.1) is 0 Å². The lowest BCUT2D eigenvalue weighted by Crippen LogP contribution is -2.32. The van der Waals surface area contributed by atoms with Crippen LogP contribution in [0.25, 0.3) is 11.3 Å². The number of hydrogen-bond acceptors (Lipinski definition) is 4. The van der Waals surface area contributed by atoms with Crippen LogP contribution < -0.4 is 10.3 Å². The minimum Gasteiger partial charge on any atom is -0.268 e. The van der Waals surface area contributed by atoms with Gasteiger partial charge in [-0.2, -0.15) is 5.10 Å². The Hall–Kier alpha value is -1.70. The maximum Gasteiger partial charge on any atom is 0.264 e. The fraction of sp³-hybridized carbons (Fsp3) is 0.333. The molecule has 2 N–H and O–H groups in total. The Bertz CT molecular complexity index is 853. The number of sulfonamides is 1. The highest BCUT2D eigenvalue weighted by Gasteiger charge is 2.25. The van der Waals surface area contributed by atoms with E-state index in [9.17, 15) is 13.2 Å². The molecular formula is C15H16ClN3O3S. The lowest BCUT2D eigenvalue weighted by atomic mass is 10.1. The number of nitrogens with one attached hydrogen (secondary N) is 2. The first-order chi connectivity index (χ1) is 11.0. The second-order valence-corrected chi connectivity index (χ2v) is 7.64. The number of hydrogen-bond donors (Lipinski definition) is 2. The molecule has 3 rings (SSSR count). The van der Waals surface area contributed by atoms with Crippen molar-refractivity contribution in [1.82, 2.24) is 14.9 Å². The number of aromatic nitrogens is 2. The van der Waals surface area contributed by atoms with E-state index < -0.39 is 10.0 Å². The molecule has 2 aromatic rings. The lowest BCUT2D eigenvalue weighted by Gasteiger charge is -2.14. The van der Waals surface area contributed by atoms with Crippen molar-refractivity contribution in [3.8, 4) is 11.3 Å². The van der Waals surface area contributed by atoms with Crippen LogP contribution >= 0.6 is 11.6 Å². The largest absolute Gasteiger partial charge is 0.268 e. The minimum absolute atomic E-state index is 0.0246. The maximum atomic E-state index is 12.6. The normalized spacial score (nSPS) is 15.9. The summed E-state index contributed by atoms with van der Waals surface area (Å²) in [5.74, 6) is 0. The third-order valence-corrected chi connectivity index (χ3v) is 5.87. The summed E-state index contributed by atoms with van der Waals surface area (Å²) in [6, 6.07) is 7.49. The molecule has 8 heteroatoms. The Labute approximate surface area is 138 Å². The summed E-state index contributed by atoms with van der Waals surface area (Å²) in [7, 11) is -3.69. The van der Waals surface area contributed by atoms with E-state index in [4.69, 9.17) is 11.6 Å². The van der Waals surface area contributed by atoms with Crippen molar-refractivity contribution in [2.24, 2.45) is 0 Å². The van der Waals surface area contributed by atoms with Crippen molar-refractivity contribution in [2.45, 2.75) is 36.6 Å². The number of H-pyrrole nitrogens is 1. The third kappa shape index (κ3) is 3.63. The first kappa shape index (κ1) is 16.2. The molecule has 1 heterocycles. The predicted molar refractivity (Wildman–Crippen MR) is 87.9 cm³/mol. The highest BCUT2D eigenvalue weighted by atomic mass is 35.5. The van der Waals surface area contributed by atoms with E-state index in [1.807, 2.05) is 0 Å². The van der Waals surface area contributed by atoms with Gasteiger partial charge in [0.25, 0.3) is 5.56 Å². The van der Waals surface area contributed by atoms with E-state index in [0.29, 0.717) is 11.3 Å². The van der Waals surface area contributed by atoms with Crippen LogP contribution in [-0.4, -0.2) is 24.7 Å². The fourth-order valence-corrected chi connectivity index (χ4v) is 4.53. The summed E-state index contributed by atoms with van der Waals surface area (Å²) < 4.78 is 27.9. The van der Waals surface area contributed by atoms with Crippen LogP contribution in [0.4, 0.5) is 0 Å². The molecule has 0 radical (unpaired) electrons. The first-order valence-corrected chi connectivity index (χ1v) is 9.20. The number of benzene rings is 1. The number of halogens is 1. The Balaban J connectivity index is 1.96. The van der Waals surface area contributed by atoms with Gasteiger partial charge in [-0.1, -0.05) is 30.5 Å². The Kier molecular flexibility index (Phi) is 4.52. The summed E-state index contributed by atoms with van der Waals surface area (Å²) in [6.45, 7) is 0. The van der Waals surface area contributed by atoms with Crippen molar-refractivity contribution < 1.29 is 8.42 Å². The molecule has 1 fully saturated rings. The Morgan fingerprint density at radius 1 is 1.17 bits per heavy atom. The molecule has 0 amide bonds. The molecule has 1 aliphatic carbocycles. The minimum atomic E-state index is -3.69. The molecule has 1 aliphatic rings. The molecule has 1 aromatic heterocycles. The monoisotopic (exact) mass is 353 g/mol. The first-order valence-electron chi connectivity index (χ1n) is 7.34. The zero-order chi connectivity index (χ0) is 16.4. The second kappa shape index (κ2) is 6.43. The molecule has 0 unspecified atom stereocenters. The van der Waals surface area contributed by atoms with E-state index in [1.165, 1.54) is 24.3 Å². The molecular weight excluding hydrogens is 338 g/mol. The second-order valence-electron chi connectivity index (χ2n) is 5.55. The standard InChI is InChI=1S/C15H16ClN3O3S/c16-12-6-5-10(13-7-8-15(20)18-17-13)9-14(12)23(21,22)19-11-3-1-2-4-11/h5-9,11,19H,1-4H2,(H,18,20). The molecule has 0 spiro atoms. The highest BCUT2D eigenvalue weighted by Crippen LogP contribution is 2.28. The van der Waals surface area contributed by atoms with Crippen LogP contribution in [0.15, 0.2) is 40.0 Å². The van der Waals surface area contributed by atoms with Gasteiger partial charge < -0.3 is 0 Å². The van der Waals surface area contributed by atoms with Crippen molar-refractivity contribution in [1.29, 1.82) is 0 Å². The van der Waals surface area contributed by atoms with Gasteiger partial charge in [0.1, 0.15) is 4.90 Å². The smallest absolute Gasteiger partial charge is 0.264 e. The molecule has 0 saturated heterocycles. The number of nitrogens with zero attached hydrogens (tertiary/aromatic N) is 1. The zero-order valence-corrected chi connectivity index (χ0v) is 13.8. The van der Waals surface area contributed by atoms with Gasteiger partial charge in [0.05, 0.1) is 10.7 Å². The van der Waals surface area contributed by atoms with Gasteiger partial charge in [0.15, 0.2) is 0 Å². The third-order valence-electron chi connectivity index (χ3n) is 3.87. The molecule has 122 valence electrons. The van der Waals surface area contributed by atoms with Crippen molar-refractivity contribution in [3.05, 3.63) is 45.7 Å². The van der Waals surface area contributed by atoms with Crippen molar-refractivity contribution in [2.75, 3.05) is 0 Å². The topological polar surface area (TPSA) is 91.9 Å². The molecule has 1 aromatic carbocycles. The van der Waals surface area contributed by atoms with Gasteiger partial charge in [-0.3, -0.25) is 4.79 Å². The number of aromatic amines is 1. The van der Waals surface area contributed by atoms with Crippen LogP contribution in [-0.2, 0) is 10.0 Å². The Morgan fingerprint density at radius 3 is 2.57 bits per heavy atom. The highest BCUT2D eigenvalue weighted by molar-refractivity contribution is 7.89. The SMILES string of the molecule is O=c1ccc(-c2ccc(Cl)c(S(=O)(=O)NC3CCCC3)c2)n[nH]1. The molecule has 6 nitrogen and oxygen atoms in total. The van der Waals surface area contributed by atoms with Gasteiger partial charge in [0, 0.05) is 17.7 Å². The maximum absolute atomic E-state index is 12.6. The van der Waals surface area contributed by atoms with Gasteiger partial charge in [0.2, 0.25) is 10.0 Å². The van der Waals surface area contributed by atoms with Crippen LogP contribution in [0.2, 0.25) is 5.02 Å². The van der Waals surface area contributed by atoms with Gasteiger partial charge in [-0.15, -0.1) is 0 Å². The van der Waals surface area contributed by atoms with Crippen LogP contribution in [0.5, 0.6) is 0 Å². The van der Waals surface area contributed by atoms with E-state index in [0.717, 1.165) is 25.7 Å². The average molecular weight is 354 g/mol. The quantitative estimate of drug-likeness (QED) is 0.882. The summed E-state index contributed by atoms with van der Waals surface area (Å²) in [5.41, 5.74) is 0.717. The molecule has 0 aliphatic heterocycles. The van der Waals surface area contributed by atoms with E-state index in [2.05, 4.69) is 14.9 Å².